The predicted octanol–water partition coefficient (Wildman–Crippen LogP) is 1.88. The Hall–Kier alpha value is -2.88. The van der Waals surface area contributed by atoms with E-state index in [1.54, 1.807) is 18.5 Å². The number of piperazine rings is 1. The van der Waals surface area contributed by atoms with E-state index in [9.17, 15) is 9.65 Å². The number of rotatable bonds is 3. The Morgan fingerprint density at radius 2 is 1.83 bits per heavy atom. The highest BCUT2D eigenvalue weighted by Gasteiger charge is 2.21. The summed E-state index contributed by atoms with van der Waals surface area (Å²) >= 11 is 0. The van der Waals surface area contributed by atoms with E-state index in [1.807, 2.05) is 36.0 Å². The van der Waals surface area contributed by atoms with Crippen molar-refractivity contribution in [1.82, 2.24) is 9.97 Å². The molecule has 24 heavy (non-hydrogen) atoms. The lowest BCUT2D eigenvalue weighted by Gasteiger charge is -2.37. The largest absolute Gasteiger partial charge is 0.367 e. The number of nitrogens with zero attached hydrogens (tertiary/aromatic N) is 6. The van der Waals surface area contributed by atoms with Gasteiger partial charge in [0, 0.05) is 46.3 Å². The lowest BCUT2D eigenvalue weighted by atomic mass is 10.1. The molecule has 1 aromatic carbocycles. The van der Waals surface area contributed by atoms with Crippen LogP contribution in [-0.2, 0) is 0 Å². The zero-order valence-corrected chi connectivity index (χ0v) is 13.8. The van der Waals surface area contributed by atoms with Crippen molar-refractivity contribution in [1.29, 1.82) is 5.26 Å². The molecular weight excluding hydrogens is 307 g/mol. The molecule has 1 aliphatic rings. The molecule has 0 aliphatic carbocycles. The van der Waals surface area contributed by atoms with E-state index in [-0.39, 0.29) is 5.56 Å². The fourth-order valence-electron chi connectivity index (χ4n) is 2.82. The van der Waals surface area contributed by atoms with Gasteiger partial charge in [-0.05, 0) is 12.1 Å². The fourth-order valence-corrected chi connectivity index (χ4v) is 2.82. The van der Waals surface area contributed by atoms with Crippen LogP contribution in [0.1, 0.15) is 5.56 Å². The molecule has 0 N–H and O–H groups in total. The molecule has 1 saturated heterocycles. The first-order valence-electron chi connectivity index (χ1n) is 7.78. The van der Waals surface area contributed by atoms with Crippen molar-refractivity contribution in [2.24, 2.45) is 0 Å². The van der Waals surface area contributed by atoms with Gasteiger partial charge in [0.05, 0.1) is 5.69 Å². The summed E-state index contributed by atoms with van der Waals surface area (Å²) in [6, 6.07) is 8.69. The van der Waals surface area contributed by atoms with Gasteiger partial charge in [-0.1, -0.05) is 6.07 Å². The van der Waals surface area contributed by atoms with E-state index in [1.165, 1.54) is 6.07 Å². The fraction of sp³-hybridized carbons (Fsp3) is 0.353. The summed E-state index contributed by atoms with van der Waals surface area (Å²) in [5, 5.41) is 9.19. The van der Waals surface area contributed by atoms with Crippen molar-refractivity contribution in [3.05, 3.63) is 42.0 Å². The number of hydrogen-bond acceptors (Lipinski definition) is 6. The number of hydrogen-bond donors (Lipinski definition) is 0. The average Bonchev–Trinajstić information content (AvgIpc) is 2.62. The first-order chi connectivity index (χ1) is 11.6. The van der Waals surface area contributed by atoms with E-state index >= 15 is 0 Å². The summed E-state index contributed by atoms with van der Waals surface area (Å²) in [5.74, 6) is 1.27. The number of anilines is 3. The Morgan fingerprint density at radius 3 is 2.50 bits per heavy atom. The van der Waals surface area contributed by atoms with Crippen LogP contribution in [0.25, 0.3) is 0 Å². The minimum Gasteiger partial charge on any atom is -0.367 e. The summed E-state index contributed by atoms with van der Waals surface area (Å²) in [5.41, 5.74) is 0.775. The van der Waals surface area contributed by atoms with Crippen LogP contribution in [0.15, 0.2) is 30.6 Å². The molecule has 0 bridgehead atoms. The molecule has 0 atom stereocenters. The molecule has 1 fully saturated rings. The maximum atomic E-state index is 13.8. The van der Waals surface area contributed by atoms with Crippen LogP contribution in [-0.4, -0.2) is 50.2 Å². The van der Waals surface area contributed by atoms with Crippen LogP contribution in [0, 0.1) is 17.1 Å². The second kappa shape index (κ2) is 6.71. The van der Waals surface area contributed by atoms with Gasteiger partial charge in [-0.25, -0.2) is 14.4 Å². The molecule has 1 aromatic heterocycles. The highest BCUT2D eigenvalue weighted by molar-refractivity contribution is 5.61. The van der Waals surface area contributed by atoms with Gasteiger partial charge in [-0.2, -0.15) is 5.26 Å². The third kappa shape index (κ3) is 3.08. The molecule has 124 valence electrons. The van der Waals surface area contributed by atoms with Crippen LogP contribution in [0.3, 0.4) is 0 Å². The van der Waals surface area contributed by atoms with E-state index in [4.69, 9.17) is 0 Å². The monoisotopic (exact) mass is 326 g/mol. The van der Waals surface area contributed by atoms with E-state index in [0.29, 0.717) is 18.8 Å². The molecule has 6 nitrogen and oxygen atoms in total. The quantitative estimate of drug-likeness (QED) is 0.858. The van der Waals surface area contributed by atoms with Crippen LogP contribution < -0.4 is 14.7 Å². The van der Waals surface area contributed by atoms with Crippen molar-refractivity contribution in [3.8, 4) is 6.07 Å². The Balaban J connectivity index is 1.74. The molecule has 2 aromatic rings. The minimum atomic E-state index is -0.469. The molecule has 0 spiro atoms. The average molecular weight is 326 g/mol. The van der Waals surface area contributed by atoms with E-state index in [0.717, 1.165) is 24.7 Å². The lowest BCUT2D eigenvalue weighted by molar-refractivity contribution is 0.615. The van der Waals surface area contributed by atoms with Gasteiger partial charge < -0.3 is 14.7 Å². The van der Waals surface area contributed by atoms with Crippen molar-refractivity contribution in [2.45, 2.75) is 0 Å². The Labute approximate surface area is 140 Å². The van der Waals surface area contributed by atoms with Crippen molar-refractivity contribution in [3.63, 3.8) is 0 Å². The van der Waals surface area contributed by atoms with E-state index < -0.39 is 5.82 Å². The molecular formula is C17H19FN6. The second-order valence-electron chi connectivity index (χ2n) is 5.85. The number of aromatic nitrogens is 2. The summed E-state index contributed by atoms with van der Waals surface area (Å²) in [7, 11) is 3.88. The first kappa shape index (κ1) is 16.0. The minimum absolute atomic E-state index is 0.114. The predicted molar refractivity (Wildman–Crippen MR) is 91.9 cm³/mol. The van der Waals surface area contributed by atoms with Crippen molar-refractivity contribution >= 4 is 17.3 Å². The first-order valence-corrected chi connectivity index (χ1v) is 7.78. The zero-order chi connectivity index (χ0) is 17.1. The van der Waals surface area contributed by atoms with Gasteiger partial charge in [0.2, 0.25) is 0 Å². The molecule has 0 saturated carbocycles. The third-order valence-corrected chi connectivity index (χ3v) is 4.14. The van der Waals surface area contributed by atoms with Gasteiger partial charge in [-0.3, -0.25) is 0 Å². The van der Waals surface area contributed by atoms with Gasteiger partial charge >= 0.3 is 0 Å². The molecule has 1 aliphatic heterocycles. The summed E-state index contributed by atoms with van der Waals surface area (Å²) < 4.78 is 13.8. The second-order valence-corrected chi connectivity index (χ2v) is 5.85. The maximum Gasteiger partial charge on any atom is 0.143 e. The van der Waals surface area contributed by atoms with E-state index in [2.05, 4.69) is 14.9 Å². The van der Waals surface area contributed by atoms with Crippen LogP contribution >= 0.6 is 0 Å². The van der Waals surface area contributed by atoms with Gasteiger partial charge in [0.25, 0.3) is 0 Å². The molecule has 7 heteroatoms. The Morgan fingerprint density at radius 1 is 1.12 bits per heavy atom. The summed E-state index contributed by atoms with van der Waals surface area (Å²) in [4.78, 5) is 14.7. The van der Waals surface area contributed by atoms with Crippen LogP contribution in [0.2, 0.25) is 0 Å². The molecule has 0 amide bonds. The summed E-state index contributed by atoms with van der Waals surface area (Å²) in [6.45, 7) is 2.93. The molecule has 2 heterocycles. The molecule has 3 rings (SSSR count). The number of halogens is 1. The summed E-state index contributed by atoms with van der Waals surface area (Å²) in [6.07, 6.45) is 1.57. The Kier molecular flexibility index (Phi) is 4.47. The highest BCUT2D eigenvalue weighted by atomic mass is 19.1. The smallest absolute Gasteiger partial charge is 0.143 e. The van der Waals surface area contributed by atoms with Gasteiger partial charge in [0.15, 0.2) is 0 Å². The van der Waals surface area contributed by atoms with Gasteiger partial charge in [-0.15, -0.1) is 0 Å². The standard InChI is InChI=1S/C17H19FN6/c1-22(2)16-10-17(21-12-20-16)24-8-6-23(7-9-24)15-5-3-4-14(18)13(15)11-19/h3-5,10,12H,6-9H2,1-2H3. The maximum absolute atomic E-state index is 13.8. The van der Waals surface area contributed by atoms with Gasteiger partial charge in [0.1, 0.15) is 35.4 Å². The Bertz CT molecular complexity index is 762. The SMILES string of the molecule is CN(C)c1cc(N2CCN(c3cccc(F)c3C#N)CC2)ncn1. The number of benzene rings is 1. The zero-order valence-electron chi connectivity index (χ0n) is 13.8. The normalized spacial score (nSPS) is 14.4. The lowest BCUT2D eigenvalue weighted by Crippen LogP contribution is -2.47. The highest BCUT2D eigenvalue weighted by Crippen LogP contribution is 2.25. The van der Waals surface area contributed by atoms with Crippen molar-refractivity contribution < 1.29 is 4.39 Å². The number of nitriles is 1. The van der Waals surface area contributed by atoms with Crippen LogP contribution in [0.5, 0.6) is 0 Å². The molecule has 0 unspecified atom stereocenters. The molecule has 0 radical (unpaired) electrons. The topological polar surface area (TPSA) is 59.3 Å². The van der Waals surface area contributed by atoms with Crippen LogP contribution in [0.4, 0.5) is 21.7 Å². The third-order valence-electron chi connectivity index (χ3n) is 4.14. The van der Waals surface area contributed by atoms with Crippen molar-refractivity contribution in [2.75, 3.05) is 55.0 Å².